The largest absolute Gasteiger partial charge is 0.481 e. The van der Waals surface area contributed by atoms with Gasteiger partial charge in [-0.2, -0.15) is 0 Å². The molecule has 0 fully saturated rings. The van der Waals surface area contributed by atoms with E-state index >= 15 is 0 Å². The molecule has 2 rings (SSSR count). The second kappa shape index (κ2) is 3.96. The molecule has 2 aromatic heterocycles. The monoisotopic (exact) mass is 202 g/mol. The Morgan fingerprint density at radius 3 is 2.73 bits per heavy atom. The number of pyridine rings is 2. The van der Waals surface area contributed by atoms with Gasteiger partial charge < -0.3 is 9.72 Å². The Bertz CT molecular complexity index is 502. The van der Waals surface area contributed by atoms with Crippen LogP contribution in [0.25, 0.3) is 11.3 Å². The molecule has 0 aliphatic heterocycles. The van der Waals surface area contributed by atoms with Gasteiger partial charge in [-0.25, -0.2) is 4.98 Å². The topological polar surface area (TPSA) is 55.0 Å². The molecule has 0 amide bonds. The van der Waals surface area contributed by atoms with Gasteiger partial charge in [0.05, 0.1) is 7.11 Å². The number of aromatic amines is 1. The lowest BCUT2D eigenvalue weighted by molar-refractivity contribution is 0.398. The van der Waals surface area contributed by atoms with Gasteiger partial charge in [-0.3, -0.25) is 4.79 Å². The second-order valence-corrected chi connectivity index (χ2v) is 3.02. The summed E-state index contributed by atoms with van der Waals surface area (Å²) in [4.78, 5) is 17.9. The molecule has 4 heteroatoms. The standard InChI is InChI=1S/C11H10N2O2/c1-15-11-6-5-8(7-12-11)9-3-2-4-10(14)13-9/h2-7H,1H3,(H,13,14). The molecule has 0 aromatic carbocycles. The van der Waals surface area contributed by atoms with Gasteiger partial charge in [0.25, 0.3) is 0 Å². The summed E-state index contributed by atoms with van der Waals surface area (Å²) in [6.45, 7) is 0. The molecule has 1 N–H and O–H groups in total. The summed E-state index contributed by atoms with van der Waals surface area (Å²) < 4.78 is 4.95. The van der Waals surface area contributed by atoms with Crippen LogP contribution < -0.4 is 10.3 Å². The van der Waals surface area contributed by atoms with Crippen molar-refractivity contribution in [2.45, 2.75) is 0 Å². The van der Waals surface area contributed by atoms with Crippen LogP contribution in [0.2, 0.25) is 0 Å². The van der Waals surface area contributed by atoms with E-state index in [2.05, 4.69) is 9.97 Å². The minimum atomic E-state index is -0.122. The highest BCUT2D eigenvalue weighted by Crippen LogP contribution is 2.16. The summed E-state index contributed by atoms with van der Waals surface area (Å²) in [5.74, 6) is 0.553. The zero-order valence-corrected chi connectivity index (χ0v) is 8.23. The number of hydrogen-bond acceptors (Lipinski definition) is 3. The number of nitrogens with one attached hydrogen (secondary N) is 1. The van der Waals surface area contributed by atoms with Crippen molar-refractivity contribution in [1.29, 1.82) is 0 Å². The maximum Gasteiger partial charge on any atom is 0.248 e. The highest BCUT2D eigenvalue weighted by atomic mass is 16.5. The summed E-state index contributed by atoms with van der Waals surface area (Å²) in [5, 5.41) is 0. The quantitative estimate of drug-likeness (QED) is 0.801. The van der Waals surface area contributed by atoms with Crippen molar-refractivity contribution < 1.29 is 4.74 Å². The fourth-order valence-corrected chi connectivity index (χ4v) is 1.28. The molecule has 0 aliphatic rings. The Kier molecular flexibility index (Phi) is 2.49. The summed E-state index contributed by atoms with van der Waals surface area (Å²) >= 11 is 0. The number of rotatable bonds is 2. The first kappa shape index (κ1) is 9.45. The maximum atomic E-state index is 11.1. The molecule has 2 heterocycles. The second-order valence-electron chi connectivity index (χ2n) is 3.02. The van der Waals surface area contributed by atoms with Gasteiger partial charge in [0, 0.05) is 29.6 Å². The van der Waals surface area contributed by atoms with Crippen LogP contribution in [0.4, 0.5) is 0 Å². The van der Waals surface area contributed by atoms with E-state index in [1.165, 1.54) is 6.07 Å². The van der Waals surface area contributed by atoms with Gasteiger partial charge >= 0.3 is 0 Å². The number of ether oxygens (including phenoxy) is 1. The Morgan fingerprint density at radius 1 is 1.27 bits per heavy atom. The molecule has 2 aromatic rings. The number of nitrogens with zero attached hydrogens (tertiary/aromatic N) is 1. The van der Waals surface area contributed by atoms with Crippen LogP contribution in [0.1, 0.15) is 0 Å². The number of methoxy groups -OCH3 is 1. The van der Waals surface area contributed by atoms with Gasteiger partial charge in [-0.1, -0.05) is 6.07 Å². The molecule has 0 spiro atoms. The van der Waals surface area contributed by atoms with Crippen molar-refractivity contribution in [3.05, 3.63) is 46.9 Å². The Labute approximate surface area is 86.6 Å². The Morgan fingerprint density at radius 2 is 2.13 bits per heavy atom. The molecule has 0 unspecified atom stereocenters. The lowest BCUT2D eigenvalue weighted by Crippen LogP contribution is -2.03. The van der Waals surface area contributed by atoms with Crippen LogP contribution in [0, 0.1) is 0 Å². The van der Waals surface area contributed by atoms with Crippen LogP contribution in [-0.4, -0.2) is 17.1 Å². The molecule has 0 bridgehead atoms. The normalized spacial score (nSPS) is 9.93. The Hall–Kier alpha value is -2.10. The first-order chi connectivity index (χ1) is 7.29. The van der Waals surface area contributed by atoms with Crippen LogP contribution in [0.15, 0.2) is 41.3 Å². The maximum absolute atomic E-state index is 11.1. The zero-order valence-electron chi connectivity index (χ0n) is 8.23. The molecular weight excluding hydrogens is 192 g/mol. The lowest BCUT2D eigenvalue weighted by Gasteiger charge is -2.01. The predicted octanol–water partition coefficient (Wildman–Crippen LogP) is 1.45. The minimum absolute atomic E-state index is 0.122. The number of H-pyrrole nitrogens is 1. The van der Waals surface area contributed by atoms with E-state index in [1.54, 1.807) is 25.4 Å². The third-order valence-electron chi connectivity index (χ3n) is 2.02. The summed E-state index contributed by atoms with van der Waals surface area (Å²) in [6.07, 6.45) is 1.66. The molecule has 0 saturated heterocycles. The molecule has 0 saturated carbocycles. The summed E-state index contributed by atoms with van der Waals surface area (Å²) in [6, 6.07) is 8.60. The highest BCUT2D eigenvalue weighted by molar-refractivity contribution is 5.57. The highest BCUT2D eigenvalue weighted by Gasteiger charge is 1.99. The van der Waals surface area contributed by atoms with Gasteiger partial charge in [0.15, 0.2) is 0 Å². The van der Waals surface area contributed by atoms with Gasteiger partial charge in [-0.15, -0.1) is 0 Å². The van der Waals surface area contributed by atoms with E-state index in [0.29, 0.717) is 5.88 Å². The fourth-order valence-electron chi connectivity index (χ4n) is 1.28. The van der Waals surface area contributed by atoms with Crippen molar-refractivity contribution in [2.75, 3.05) is 7.11 Å². The zero-order chi connectivity index (χ0) is 10.7. The minimum Gasteiger partial charge on any atom is -0.481 e. The average molecular weight is 202 g/mol. The third kappa shape index (κ3) is 2.04. The molecule has 4 nitrogen and oxygen atoms in total. The molecule has 0 aliphatic carbocycles. The SMILES string of the molecule is COc1ccc(-c2cccc(=O)[nH]2)cn1. The van der Waals surface area contributed by atoms with Crippen LogP contribution >= 0.6 is 0 Å². The van der Waals surface area contributed by atoms with E-state index in [0.717, 1.165) is 11.3 Å². The molecule has 76 valence electrons. The fraction of sp³-hybridized carbons (Fsp3) is 0.0909. The Balaban J connectivity index is 2.41. The first-order valence-corrected chi connectivity index (χ1v) is 4.49. The van der Waals surface area contributed by atoms with Crippen molar-refractivity contribution in [3.8, 4) is 17.1 Å². The van der Waals surface area contributed by atoms with E-state index in [9.17, 15) is 4.79 Å². The predicted molar refractivity (Wildman–Crippen MR) is 56.8 cm³/mol. The van der Waals surface area contributed by atoms with Gasteiger partial charge in [-0.05, 0) is 12.1 Å². The van der Waals surface area contributed by atoms with Crippen LogP contribution in [0.5, 0.6) is 5.88 Å². The molecular formula is C11H10N2O2. The summed E-state index contributed by atoms with van der Waals surface area (Å²) in [5.41, 5.74) is 1.48. The van der Waals surface area contributed by atoms with E-state index in [1.807, 2.05) is 12.1 Å². The van der Waals surface area contributed by atoms with E-state index in [-0.39, 0.29) is 5.56 Å². The van der Waals surface area contributed by atoms with E-state index in [4.69, 9.17) is 4.74 Å². The van der Waals surface area contributed by atoms with Crippen LogP contribution in [0.3, 0.4) is 0 Å². The molecule has 0 radical (unpaired) electrons. The van der Waals surface area contributed by atoms with Crippen molar-refractivity contribution >= 4 is 0 Å². The first-order valence-electron chi connectivity index (χ1n) is 4.49. The lowest BCUT2D eigenvalue weighted by atomic mass is 10.2. The van der Waals surface area contributed by atoms with Crippen molar-refractivity contribution in [1.82, 2.24) is 9.97 Å². The van der Waals surface area contributed by atoms with Gasteiger partial charge in [0.2, 0.25) is 11.4 Å². The van der Waals surface area contributed by atoms with Crippen molar-refractivity contribution in [3.63, 3.8) is 0 Å². The molecule has 0 atom stereocenters. The van der Waals surface area contributed by atoms with Crippen molar-refractivity contribution in [2.24, 2.45) is 0 Å². The molecule has 15 heavy (non-hydrogen) atoms. The van der Waals surface area contributed by atoms with Gasteiger partial charge in [0.1, 0.15) is 0 Å². The van der Waals surface area contributed by atoms with Crippen LogP contribution in [-0.2, 0) is 0 Å². The smallest absolute Gasteiger partial charge is 0.248 e. The average Bonchev–Trinajstić information content (AvgIpc) is 2.29. The number of hydrogen-bond donors (Lipinski definition) is 1. The number of aromatic nitrogens is 2. The summed E-state index contributed by atoms with van der Waals surface area (Å²) in [7, 11) is 1.56. The third-order valence-corrected chi connectivity index (χ3v) is 2.02. The van der Waals surface area contributed by atoms with E-state index < -0.39 is 0 Å².